The number of nitrogens with one attached hydrogen (secondary N) is 1. The third-order valence-electron chi connectivity index (χ3n) is 3.43. The van der Waals surface area contributed by atoms with Crippen molar-refractivity contribution in [2.75, 3.05) is 18.4 Å². The van der Waals surface area contributed by atoms with Gasteiger partial charge in [0.05, 0.1) is 0 Å². The van der Waals surface area contributed by atoms with Gasteiger partial charge in [-0.2, -0.15) is 0 Å². The maximum Gasteiger partial charge on any atom is 0.323 e. The van der Waals surface area contributed by atoms with Crippen LogP contribution in [0.25, 0.3) is 0 Å². The number of carbonyl (C=O) groups excluding carboxylic acids is 1. The molecule has 0 spiro atoms. The van der Waals surface area contributed by atoms with E-state index < -0.39 is 0 Å². The Hall–Kier alpha value is -1.95. The van der Waals surface area contributed by atoms with Gasteiger partial charge in [0.15, 0.2) is 5.13 Å². The van der Waals surface area contributed by atoms with Gasteiger partial charge in [-0.25, -0.2) is 14.2 Å². The minimum Gasteiger partial charge on any atom is -0.325 e. The highest BCUT2D eigenvalue weighted by Crippen LogP contribution is 2.22. The number of hydrogen-bond acceptors (Lipinski definition) is 3. The maximum atomic E-state index is 13.6. The molecule has 4 nitrogen and oxygen atoms in total. The zero-order valence-electron chi connectivity index (χ0n) is 13.0. The summed E-state index contributed by atoms with van der Waals surface area (Å²) in [5, 5.41) is 3.36. The van der Waals surface area contributed by atoms with Gasteiger partial charge < -0.3 is 4.90 Å². The highest BCUT2D eigenvalue weighted by atomic mass is 32.1. The highest BCUT2D eigenvalue weighted by Gasteiger charge is 2.12. The number of halogens is 1. The van der Waals surface area contributed by atoms with Crippen LogP contribution < -0.4 is 5.32 Å². The zero-order chi connectivity index (χ0) is 16.1. The van der Waals surface area contributed by atoms with E-state index in [1.807, 2.05) is 19.9 Å². The SMILES string of the molecule is CCN(CC)C(=O)Nc1ncc(Cc2ccc(C)c(F)c2)s1. The number of aryl methyl sites for hydroxylation is 1. The van der Waals surface area contributed by atoms with E-state index in [0.29, 0.717) is 30.2 Å². The third kappa shape index (κ3) is 4.04. The van der Waals surface area contributed by atoms with Crippen molar-refractivity contribution >= 4 is 22.5 Å². The molecule has 0 bridgehead atoms. The molecule has 0 aliphatic rings. The largest absolute Gasteiger partial charge is 0.325 e. The second-order valence-electron chi connectivity index (χ2n) is 4.99. The summed E-state index contributed by atoms with van der Waals surface area (Å²) in [5.41, 5.74) is 1.54. The molecule has 2 amide bonds. The van der Waals surface area contributed by atoms with E-state index in [1.54, 1.807) is 30.2 Å². The quantitative estimate of drug-likeness (QED) is 0.903. The number of rotatable bonds is 5. The number of hydrogen-bond donors (Lipinski definition) is 1. The second-order valence-corrected chi connectivity index (χ2v) is 6.11. The van der Waals surface area contributed by atoms with E-state index in [4.69, 9.17) is 0 Å². The number of urea groups is 1. The van der Waals surface area contributed by atoms with Crippen LogP contribution in [0.3, 0.4) is 0 Å². The molecule has 2 aromatic rings. The van der Waals surface area contributed by atoms with E-state index in [9.17, 15) is 9.18 Å². The molecule has 0 fully saturated rings. The molecule has 0 aliphatic carbocycles. The predicted molar refractivity (Wildman–Crippen MR) is 88.0 cm³/mol. The van der Waals surface area contributed by atoms with Gasteiger partial charge >= 0.3 is 6.03 Å². The number of benzene rings is 1. The topological polar surface area (TPSA) is 45.2 Å². The summed E-state index contributed by atoms with van der Waals surface area (Å²) in [6, 6.07) is 5.08. The number of carbonyl (C=O) groups is 1. The minimum atomic E-state index is -0.197. The monoisotopic (exact) mass is 321 g/mol. The molecule has 0 saturated carbocycles. The van der Waals surface area contributed by atoms with Crippen LogP contribution in [0.15, 0.2) is 24.4 Å². The van der Waals surface area contributed by atoms with E-state index in [1.165, 1.54) is 11.3 Å². The lowest BCUT2D eigenvalue weighted by atomic mass is 10.1. The van der Waals surface area contributed by atoms with Crippen molar-refractivity contribution < 1.29 is 9.18 Å². The summed E-state index contributed by atoms with van der Waals surface area (Å²) in [6.07, 6.45) is 2.33. The summed E-state index contributed by atoms with van der Waals surface area (Å²) < 4.78 is 13.6. The Kier molecular flexibility index (Phi) is 5.49. The fraction of sp³-hybridized carbons (Fsp3) is 0.375. The van der Waals surface area contributed by atoms with Crippen molar-refractivity contribution in [2.24, 2.45) is 0 Å². The van der Waals surface area contributed by atoms with Crippen molar-refractivity contribution in [3.8, 4) is 0 Å². The van der Waals surface area contributed by atoms with Gasteiger partial charge in [0.2, 0.25) is 0 Å². The van der Waals surface area contributed by atoms with Gasteiger partial charge in [-0.1, -0.05) is 12.1 Å². The van der Waals surface area contributed by atoms with Gasteiger partial charge in [0.1, 0.15) is 5.82 Å². The van der Waals surface area contributed by atoms with Crippen LogP contribution >= 0.6 is 11.3 Å². The number of anilines is 1. The van der Waals surface area contributed by atoms with Crippen molar-refractivity contribution in [1.29, 1.82) is 0 Å². The van der Waals surface area contributed by atoms with Crippen molar-refractivity contribution in [2.45, 2.75) is 27.2 Å². The average molecular weight is 321 g/mol. The van der Waals surface area contributed by atoms with E-state index in [2.05, 4.69) is 10.3 Å². The first-order chi connectivity index (χ1) is 10.5. The van der Waals surface area contributed by atoms with Crippen LogP contribution in [0.5, 0.6) is 0 Å². The lowest BCUT2D eigenvalue weighted by Gasteiger charge is -2.17. The number of aromatic nitrogens is 1. The van der Waals surface area contributed by atoms with Gasteiger partial charge in [-0.3, -0.25) is 5.32 Å². The van der Waals surface area contributed by atoms with Crippen LogP contribution in [-0.2, 0) is 6.42 Å². The summed E-state index contributed by atoms with van der Waals surface area (Å²) in [7, 11) is 0. The third-order valence-corrected chi connectivity index (χ3v) is 4.35. The predicted octanol–water partition coefficient (Wildman–Crippen LogP) is 4.06. The number of thiazole rings is 1. The molecule has 1 heterocycles. The maximum absolute atomic E-state index is 13.6. The molecule has 0 aliphatic heterocycles. The number of amides is 2. The molecular formula is C16H20FN3OS. The molecule has 0 unspecified atom stereocenters. The van der Waals surface area contributed by atoms with Crippen LogP contribution in [0.4, 0.5) is 14.3 Å². The van der Waals surface area contributed by atoms with Gasteiger partial charge in [-0.05, 0) is 38.0 Å². The lowest BCUT2D eigenvalue weighted by Crippen LogP contribution is -2.34. The molecule has 1 aromatic heterocycles. The molecule has 1 aromatic carbocycles. The molecule has 118 valence electrons. The van der Waals surface area contributed by atoms with Crippen molar-refractivity contribution in [1.82, 2.24) is 9.88 Å². The van der Waals surface area contributed by atoms with E-state index >= 15 is 0 Å². The number of nitrogens with zero attached hydrogens (tertiary/aromatic N) is 2. The first-order valence-corrected chi connectivity index (χ1v) is 8.10. The van der Waals surface area contributed by atoms with Crippen LogP contribution in [-0.4, -0.2) is 29.0 Å². The van der Waals surface area contributed by atoms with Gasteiger partial charge in [-0.15, -0.1) is 11.3 Å². The Bertz CT molecular complexity index is 653. The van der Waals surface area contributed by atoms with Crippen LogP contribution in [0, 0.1) is 12.7 Å². The van der Waals surface area contributed by atoms with Crippen LogP contribution in [0.1, 0.15) is 29.9 Å². The Morgan fingerprint density at radius 3 is 2.73 bits per heavy atom. The molecule has 0 radical (unpaired) electrons. The van der Waals surface area contributed by atoms with Gasteiger partial charge in [0, 0.05) is 30.6 Å². The van der Waals surface area contributed by atoms with E-state index in [-0.39, 0.29) is 11.8 Å². The normalized spacial score (nSPS) is 10.5. The Labute approximate surface area is 134 Å². The fourth-order valence-electron chi connectivity index (χ4n) is 2.08. The zero-order valence-corrected chi connectivity index (χ0v) is 13.8. The Balaban J connectivity index is 2.02. The molecule has 2 rings (SSSR count). The van der Waals surface area contributed by atoms with Crippen molar-refractivity contribution in [3.05, 3.63) is 46.2 Å². The smallest absolute Gasteiger partial charge is 0.323 e. The fourth-order valence-corrected chi connectivity index (χ4v) is 2.91. The Morgan fingerprint density at radius 1 is 1.36 bits per heavy atom. The molecule has 0 atom stereocenters. The summed E-state index contributed by atoms with van der Waals surface area (Å²) in [5.74, 6) is -0.197. The molecule has 22 heavy (non-hydrogen) atoms. The molecular weight excluding hydrogens is 301 g/mol. The minimum absolute atomic E-state index is 0.146. The standard InChI is InChI=1S/C16H20FN3OS/c1-4-20(5-2)16(21)19-15-18-10-13(22-15)8-12-7-6-11(3)14(17)9-12/h6-7,9-10H,4-5,8H2,1-3H3,(H,18,19,21). The summed E-state index contributed by atoms with van der Waals surface area (Å²) in [6.45, 7) is 6.92. The Morgan fingerprint density at radius 2 is 2.09 bits per heavy atom. The van der Waals surface area contributed by atoms with Crippen LogP contribution in [0.2, 0.25) is 0 Å². The second kappa shape index (κ2) is 7.35. The summed E-state index contributed by atoms with van der Waals surface area (Å²) >= 11 is 1.41. The average Bonchev–Trinajstić information content (AvgIpc) is 2.91. The molecule has 0 saturated heterocycles. The summed E-state index contributed by atoms with van der Waals surface area (Å²) in [4.78, 5) is 18.8. The lowest BCUT2D eigenvalue weighted by molar-refractivity contribution is 0.217. The van der Waals surface area contributed by atoms with Crippen molar-refractivity contribution in [3.63, 3.8) is 0 Å². The van der Waals surface area contributed by atoms with Gasteiger partial charge in [0.25, 0.3) is 0 Å². The first kappa shape index (κ1) is 16.4. The van der Waals surface area contributed by atoms with E-state index in [0.717, 1.165) is 10.4 Å². The molecule has 6 heteroatoms. The highest BCUT2D eigenvalue weighted by molar-refractivity contribution is 7.15. The molecule has 1 N–H and O–H groups in total. The first-order valence-electron chi connectivity index (χ1n) is 7.29.